The minimum atomic E-state index is -1.22. The van der Waals surface area contributed by atoms with Crippen LogP contribution in [0.5, 0.6) is 11.5 Å². The summed E-state index contributed by atoms with van der Waals surface area (Å²) in [7, 11) is 1.53. The van der Waals surface area contributed by atoms with E-state index in [0.29, 0.717) is 27.2 Å². The van der Waals surface area contributed by atoms with Gasteiger partial charge in [-0.1, -0.05) is 58.9 Å². The molecule has 5 nitrogen and oxygen atoms in total. The zero-order chi connectivity index (χ0) is 22.4. The van der Waals surface area contributed by atoms with E-state index in [2.05, 4.69) is 43.4 Å². The number of hydrogen-bond acceptors (Lipinski definition) is 5. The van der Waals surface area contributed by atoms with Gasteiger partial charge in [0.15, 0.2) is 18.4 Å². The molecule has 0 aliphatic rings. The van der Waals surface area contributed by atoms with E-state index in [0.717, 1.165) is 5.56 Å². The van der Waals surface area contributed by atoms with Crippen LogP contribution < -0.4 is 9.47 Å². The highest BCUT2D eigenvalue weighted by Crippen LogP contribution is 2.41. The number of halogens is 3. The van der Waals surface area contributed by atoms with Crippen LogP contribution in [-0.4, -0.2) is 30.6 Å². The van der Waals surface area contributed by atoms with Crippen LogP contribution in [0.4, 0.5) is 4.39 Å². The molecule has 162 valence electrons. The monoisotopic (exact) mass is 551 g/mol. The van der Waals surface area contributed by atoms with E-state index in [1.165, 1.54) is 19.3 Å². The third-order valence-electron chi connectivity index (χ3n) is 4.33. The lowest BCUT2D eigenvalue weighted by molar-refractivity contribution is 0.0512. The van der Waals surface area contributed by atoms with Gasteiger partial charge in [-0.05, 0) is 34.1 Å². The Morgan fingerprint density at radius 3 is 2.55 bits per heavy atom. The molecule has 8 heteroatoms. The summed E-state index contributed by atoms with van der Waals surface area (Å²) in [5, 5.41) is 11.1. The Bertz CT molecular complexity index is 1060. The van der Waals surface area contributed by atoms with Gasteiger partial charge in [-0.25, -0.2) is 9.37 Å². The van der Waals surface area contributed by atoms with Crippen LogP contribution in [0, 0.1) is 5.82 Å². The molecule has 0 aliphatic carbocycles. The summed E-state index contributed by atoms with van der Waals surface area (Å²) < 4.78 is 31.3. The van der Waals surface area contributed by atoms with Gasteiger partial charge in [-0.2, -0.15) is 0 Å². The van der Waals surface area contributed by atoms with Crippen LogP contribution in [-0.2, 0) is 4.74 Å². The smallest absolute Gasteiger partial charge is 0.188 e. The fourth-order valence-electron chi connectivity index (χ4n) is 2.90. The van der Waals surface area contributed by atoms with Gasteiger partial charge in [0.25, 0.3) is 0 Å². The molecule has 0 bridgehead atoms. The molecule has 1 unspecified atom stereocenters. The van der Waals surface area contributed by atoms with Crippen molar-refractivity contribution >= 4 is 31.9 Å². The molecule has 0 saturated carbocycles. The maximum absolute atomic E-state index is 14.8. The van der Waals surface area contributed by atoms with Gasteiger partial charge < -0.3 is 19.3 Å². The van der Waals surface area contributed by atoms with Gasteiger partial charge in [0.1, 0.15) is 24.2 Å². The fourth-order valence-corrected chi connectivity index (χ4v) is 4.41. The van der Waals surface area contributed by atoms with Crippen molar-refractivity contribution in [3.05, 3.63) is 87.2 Å². The number of rotatable bonds is 9. The topological polar surface area (TPSA) is 60.8 Å². The van der Waals surface area contributed by atoms with Crippen LogP contribution in [0.15, 0.2) is 70.1 Å². The fraction of sp³-hybridized carbons (Fsp3) is 0.174. The Labute approximate surface area is 196 Å². The Balaban J connectivity index is 2.05. The molecule has 1 N–H and O–H groups in total. The van der Waals surface area contributed by atoms with Gasteiger partial charge >= 0.3 is 0 Å². The number of ether oxygens (including phenoxy) is 3. The van der Waals surface area contributed by atoms with Crippen molar-refractivity contribution in [3.63, 3.8) is 0 Å². The lowest BCUT2D eigenvalue weighted by Crippen LogP contribution is -2.09. The van der Waals surface area contributed by atoms with Crippen LogP contribution in [0.25, 0.3) is 11.3 Å². The molecule has 3 aromatic rings. The number of hydrogen-bond donors (Lipinski definition) is 1. The number of nitrogens with zero attached hydrogens (tertiary/aromatic N) is 1. The third kappa shape index (κ3) is 5.33. The maximum Gasteiger partial charge on any atom is 0.188 e. The Hall–Kier alpha value is -2.26. The molecule has 0 amide bonds. The van der Waals surface area contributed by atoms with Crippen molar-refractivity contribution in [1.82, 2.24) is 4.98 Å². The first kappa shape index (κ1) is 23.4. The van der Waals surface area contributed by atoms with Gasteiger partial charge in [0.05, 0.1) is 10.2 Å². The minimum Gasteiger partial charge on any atom is -0.486 e. The van der Waals surface area contributed by atoms with E-state index >= 15 is 0 Å². The molecule has 1 aromatic heterocycles. The highest BCUT2D eigenvalue weighted by atomic mass is 79.9. The van der Waals surface area contributed by atoms with E-state index in [9.17, 15) is 9.50 Å². The molecular weight excluding hydrogens is 533 g/mol. The summed E-state index contributed by atoms with van der Waals surface area (Å²) in [5.41, 5.74) is 1.96. The van der Waals surface area contributed by atoms with Gasteiger partial charge in [0.2, 0.25) is 0 Å². The van der Waals surface area contributed by atoms with E-state index in [4.69, 9.17) is 14.2 Å². The zero-order valence-electron chi connectivity index (χ0n) is 16.6. The maximum atomic E-state index is 14.8. The lowest BCUT2D eigenvalue weighted by Gasteiger charge is -2.19. The average Bonchev–Trinajstić information content (AvgIpc) is 2.79. The molecule has 0 fully saturated rings. The van der Waals surface area contributed by atoms with E-state index in [-0.39, 0.29) is 23.6 Å². The van der Waals surface area contributed by atoms with Gasteiger partial charge in [-0.15, -0.1) is 0 Å². The van der Waals surface area contributed by atoms with E-state index in [1.54, 1.807) is 12.1 Å². The predicted octanol–water partition coefficient (Wildman–Crippen LogP) is 6.04. The molecular formula is C23H20Br2FNO4. The molecule has 0 spiro atoms. The molecule has 1 atom stereocenters. The summed E-state index contributed by atoms with van der Waals surface area (Å²) in [5.74, 6) is -0.0836. The summed E-state index contributed by atoms with van der Waals surface area (Å²) in [6, 6.07) is 14.2. The standard InChI is InChI=1S/C23H20Br2FNO4/c1-3-11-30-18-12-15(24)19(20(25)21(18)26)23(28)16-9-10-17(31-13-29-2)22(27-16)14-7-5-4-6-8-14/h3-10,12,23,28H,1,11,13H2,2H3. The van der Waals surface area contributed by atoms with Crippen LogP contribution >= 0.6 is 31.9 Å². The normalized spacial score (nSPS) is 11.8. The average molecular weight is 553 g/mol. The van der Waals surface area contributed by atoms with E-state index in [1.807, 2.05) is 30.3 Å². The SMILES string of the molecule is C=CCOc1cc(Br)c(C(O)c2ccc(OCOC)c(-c3ccccc3)n2)c(Br)c1F. The molecule has 0 saturated heterocycles. The number of methoxy groups -OCH3 is 1. The Morgan fingerprint density at radius 1 is 1.13 bits per heavy atom. The van der Waals surface area contributed by atoms with Crippen molar-refractivity contribution in [2.24, 2.45) is 0 Å². The van der Waals surface area contributed by atoms with Crippen LogP contribution in [0.3, 0.4) is 0 Å². The number of aliphatic hydroxyl groups excluding tert-OH is 1. The Kier molecular flexibility index (Phi) is 8.20. The number of benzene rings is 2. The number of pyridine rings is 1. The van der Waals surface area contributed by atoms with Crippen LogP contribution in [0.2, 0.25) is 0 Å². The highest BCUT2D eigenvalue weighted by Gasteiger charge is 2.25. The number of aromatic nitrogens is 1. The summed E-state index contributed by atoms with van der Waals surface area (Å²) in [6.07, 6.45) is 0.303. The zero-order valence-corrected chi connectivity index (χ0v) is 19.8. The predicted molar refractivity (Wildman–Crippen MR) is 124 cm³/mol. The molecule has 31 heavy (non-hydrogen) atoms. The molecule has 1 heterocycles. The minimum absolute atomic E-state index is 0.0378. The van der Waals surface area contributed by atoms with E-state index < -0.39 is 11.9 Å². The summed E-state index contributed by atoms with van der Waals surface area (Å²) >= 11 is 6.65. The highest BCUT2D eigenvalue weighted by molar-refractivity contribution is 9.11. The van der Waals surface area contributed by atoms with Crippen molar-refractivity contribution in [1.29, 1.82) is 0 Å². The molecule has 0 aliphatic heterocycles. The second-order valence-electron chi connectivity index (χ2n) is 6.40. The van der Waals surface area contributed by atoms with Crippen molar-refractivity contribution in [3.8, 4) is 22.8 Å². The Morgan fingerprint density at radius 2 is 1.87 bits per heavy atom. The van der Waals surface area contributed by atoms with Gasteiger partial charge in [0, 0.05) is 22.7 Å². The first-order valence-electron chi connectivity index (χ1n) is 9.25. The van der Waals surface area contributed by atoms with Crippen molar-refractivity contribution < 1.29 is 23.7 Å². The third-order valence-corrected chi connectivity index (χ3v) is 5.76. The van der Waals surface area contributed by atoms with Gasteiger partial charge in [-0.3, -0.25) is 0 Å². The quantitative estimate of drug-likeness (QED) is 0.199. The second kappa shape index (κ2) is 10.9. The molecule has 2 aromatic carbocycles. The number of aliphatic hydroxyl groups is 1. The summed E-state index contributed by atoms with van der Waals surface area (Å²) in [6.45, 7) is 3.77. The molecule has 3 rings (SSSR count). The molecule has 0 radical (unpaired) electrons. The second-order valence-corrected chi connectivity index (χ2v) is 8.05. The first-order valence-corrected chi connectivity index (χ1v) is 10.8. The van der Waals surface area contributed by atoms with Crippen molar-refractivity contribution in [2.75, 3.05) is 20.5 Å². The largest absolute Gasteiger partial charge is 0.486 e. The first-order chi connectivity index (χ1) is 15.0. The van der Waals surface area contributed by atoms with Crippen molar-refractivity contribution in [2.45, 2.75) is 6.10 Å². The lowest BCUT2D eigenvalue weighted by atomic mass is 10.0. The summed E-state index contributed by atoms with van der Waals surface area (Å²) in [4.78, 5) is 4.62. The van der Waals surface area contributed by atoms with Crippen LogP contribution in [0.1, 0.15) is 17.4 Å².